The van der Waals surface area contributed by atoms with E-state index in [0.717, 1.165) is 5.39 Å². The highest BCUT2D eigenvalue weighted by atomic mass is 19.1. The third-order valence-corrected chi connectivity index (χ3v) is 2.18. The Hall–Kier alpha value is -1.39. The normalized spacial score (nSPS) is 10.5. The van der Waals surface area contributed by atoms with Crippen LogP contribution in [0.2, 0.25) is 0 Å². The first-order chi connectivity index (χ1) is 6.70. The van der Waals surface area contributed by atoms with Gasteiger partial charge in [0, 0.05) is 5.46 Å². The van der Waals surface area contributed by atoms with Crippen LogP contribution in [0, 0.1) is 5.82 Å². The van der Waals surface area contributed by atoms with Gasteiger partial charge in [0.15, 0.2) is 0 Å². The van der Waals surface area contributed by atoms with Crippen molar-refractivity contribution in [3.63, 3.8) is 0 Å². The van der Waals surface area contributed by atoms with Crippen molar-refractivity contribution in [2.24, 2.45) is 0 Å². The van der Waals surface area contributed by atoms with Crippen LogP contribution >= 0.6 is 0 Å². The molecule has 0 aliphatic carbocycles. The average molecular weight is 190 g/mol. The molecule has 70 valence electrons. The summed E-state index contributed by atoms with van der Waals surface area (Å²) in [7, 11) is -1.78. The lowest BCUT2D eigenvalue weighted by Crippen LogP contribution is -2.33. The molecule has 0 radical (unpaired) electrons. The van der Waals surface area contributed by atoms with Crippen LogP contribution in [0.4, 0.5) is 4.39 Å². The molecule has 0 saturated carbocycles. The summed E-state index contributed by atoms with van der Waals surface area (Å²) in [4.78, 5) is 0. The van der Waals surface area contributed by atoms with E-state index in [0.29, 0.717) is 5.39 Å². The van der Waals surface area contributed by atoms with E-state index in [1.54, 1.807) is 24.3 Å². The molecule has 2 rings (SSSR count). The Kier molecular flexibility index (Phi) is 2.23. The molecule has 0 heterocycles. The smallest absolute Gasteiger partial charge is 0.423 e. The quantitative estimate of drug-likeness (QED) is 0.648. The Balaban J connectivity index is 2.83. The van der Waals surface area contributed by atoms with Gasteiger partial charge < -0.3 is 10.0 Å². The maximum atomic E-state index is 13.3. The summed E-state index contributed by atoms with van der Waals surface area (Å²) in [6.45, 7) is 0. The Morgan fingerprint density at radius 2 is 1.71 bits per heavy atom. The van der Waals surface area contributed by atoms with E-state index < -0.39 is 12.9 Å². The van der Waals surface area contributed by atoms with Crippen molar-refractivity contribution in [1.82, 2.24) is 0 Å². The predicted molar refractivity (Wildman–Crippen MR) is 53.7 cm³/mol. The zero-order valence-corrected chi connectivity index (χ0v) is 7.31. The maximum Gasteiger partial charge on any atom is 0.492 e. The minimum atomic E-state index is -1.78. The molecule has 4 heteroatoms. The van der Waals surface area contributed by atoms with Crippen LogP contribution in [-0.2, 0) is 0 Å². The third kappa shape index (κ3) is 1.39. The van der Waals surface area contributed by atoms with E-state index in [1.807, 2.05) is 6.07 Å². The molecular weight excluding hydrogens is 182 g/mol. The Labute approximate surface area is 80.8 Å². The average Bonchev–Trinajstić information content (AvgIpc) is 2.17. The SMILES string of the molecule is OB(O)c1c(F)ccc2ccccc12. The molecule has 0 aliphatic heterocycles. The van der Waals surface area contributed by atoms with Crippen molar-refractivity contribution in [2.45, 2.75) is 0 Å². The summed E-state index contributed by atoms with van der Waals surface area (Å²) in [5.41, 5.74) is -0.0666. The molecule has 0 saturated heterocycles. The number of rotatable bonds is 1. The van der Waals surface area contributed by atoms with E-state index in [4.69, 9.17) is 10.0 Å². The molecular formula is C10H8BFO2. The van der Waals surface area contributed by atoms with Gasteiger partial charge in [-0.2, -0.15) is 0 Å². The second-order valence-electron chi connectivity index (χ2n) is 3.06. The van der Waals surface area contributed by atoms with Crippen molar-refractivity contribution in [3.8, 4) is 0 Å². The van der Waals surface area contributed by atoms with Gasteiger partial charge in [-0.05, 0) is 16.8 Å². The fourth-order valence-electron chi connectivity index (χ4n) is 1.53. The van der Waals surface area contributed by atoms with Gasteiger partial charge >= 0.3 is 7.12 Å². The van der Waals surface area contributed by atoms with Gasteiger partial charge in [0.1, 0.15) is 5.82 Å². The standard InChI is InChI=1S/C10H8BFO2/c12-9-6-5-7-3-1-2-4-8(7)10(9)11(13)14/h1-6,13-14H. The van der Waals surface area contributed by atoms with Crippen molar-refractivity contribution in [3.05, 3.63) is 42.2 Å². The summed E-state index contributed by atoms with van der Waals surface area (Å²) in [5, 5.41) is 19.4. The summed E-state index contributed by atoms with van der Waals surface area (Å²) < 4.78 is 13.3. The van der Waals surface area contributed by atoms with Gasteiger partial charge in [0.05, 0.1) is 0 Å². The highest BCUT2D eigenvalue weighted by molar-refractivity contribution is 6.62. The Morgan fingerprint density at radius 3 is 2.43 bits per heavy atom. The third-order valence-electron chi connectivity index (χ3n) is 2.18. The van der Waals surface area contributed by atoms with E-state index in [9.17, 15) is 4.39 Å². The topological polar surface area (TPSA) is 40.5 Å². The number of hydrogen-bond acceptors (Lipinski definition) is 2. The molecule has 0 aromatic heterocycles. The highest BCUT2D eigenvalue weighted by Crippen LogP contribution is 2.13. The first-order valence-corrected chi connectivity index (χ1v) is 4.23. The van der Waals surface area contributed by atoms with Gasteiger partial charge in [0.2, 0.25) is 0 Å². The molecule has 0 amide bonds. The Bertz CT molecular complexity index is 471. The Morgan fingerprint density at radius 1 is 1.00 bits per heavy atom. The van der Waals surface area contributed by atoms with Crippen LogP contribution in [-0.4, -0.2) is 17.2 Å². The van der Waals surface area contributed by atoms with Gasteiger partial charge in [-0.15, -0.1) is 0 Å². The van der Waals surface area contributed by atoms with Crippen molar-refractivity contribution >= 4 is 23.4 Å². The lowest BCUT2D eigenvalue weighted by atomic mass is 9.77. The molecule has 0 fully saturated rings. The fraction of sp³-hybridized carbons (Fsp3) is 0. The number of halogens is 1. The molecule has 0 spiro atoms. The van der Waals surface area contributed by atoms with Crippen LogP contribution in [0.5, 0.6) is 0 Å². The van der Waals surface area contributed by atoms with Crippen LogP contribution < -0.4 is 5.46 Å². The lowest BCUT2D eigenvalue weighted by molar-refractivity contribution is 0.423. The second-order valence-corrected chi connectivity index (χ2v) is 3.06. The van der Waals surface area contributed by atoms with Crippen molar-refractivity contribution in [2.75, 3.05) is 0 Å². The maximum absolute atomic E-state index is 13.3. The molecule has 2 aromatic rings. The van der Waals surface area contributed by atoms with E-state index >= 15 is 0 Å². The predicted octanol–water partition coefficient (Wildman–Crippen LogP) is 0.659. The number of fused-ring (bicyclic) bond motifs is 1. The van der Waals surface area contributed by atoms with Crippen LogP contribution in [0.3, 0.4) is 0 Å². The van der Waals surface area contributed by atoms with E-state index in [-0.39, 0.29) is 5.46 Å². The second kappa shape index (κ2) is 3.40. The molecule has 0 aliphatic rings. The molecule has 0 atom stereocenters. The molecule has 2 N–H and O–H groups in total. The molecule has 0 bridgehead atoms. The van der Waals surface area contributed by atoms with Crippen molar-refractivity contribution in [1.29, 1.82) is 0 Å². The van der Waals surface area contributed by atoms with Crippen LogP contribution in [0.1, 0.15) is 0 Å². The first-order valence-electron chi connectivity index (χ1n) is 4.23. The molecule has 2 aromatic carbocycles. The zero-order chi connectivity index (χ0) is 10.1. The van der Waals surface area contributed by atoms with Crippen LogP contribution in [0.15, 0.2) is 36.4 Å². The summed E-state index contributed by atoms with van der Waals surface area (Å²) in [6.07, 6.45) is 0. The summed E-state index contributed by atoms with van der Waals surface area (Å²) in [5.74, 6) is -0.598. The number of benzene rings is 2. The summed E-state index contributed by atoms with van der Waals surface area (Å²) >= 11 is 0. The fourth-order valence-corrected chi connectivity index (χ4v) is 1.53. The molecule has 2 nitrogen and oxygen atoms in total. The molecule has 0 unspecified atom stereocenters. The largest absolute Gasteiger partial charge is 0.492 e. The van der Waals surface area contributed by atoms with Crippen LogP contribution in [0.25, 0.3) is 10.8 Å². The summed E-state index contributed by atoms with van der Waals surface area (Å²) in [6, 6.07) is 9.84. The van der Waals surface area contributed by atoms with Gasteiger partial charge in [-0.3, -0.25) is 0 Å². The number of hydrogen-bond donors (Lipinski definition) is 2. The van der Waals surface area contributed by atoms with E-state index in [2.05, 4.69) is 0 Å². The van der Waals surface area contributed by atoms with E-state index in [1.165, 1.54) is 6.07 Å². The minimum absolute atomic E-state index is 0.0666. The van der Waals surface area contributed by atoms with Gasteiger partial charge in [-0.25, -0.2) is 4.39 Å². The zero-order valence-electron chi connectivity index (χ0n) is 7.31. The monoisotopic (exact) mass is 190 g/mol. The highest BCUT2D eigenvalue weighted by Gasteiger charge is 2.19. The van der Waals surface area contributed by atoms with Gasteiger partial charge in [-0.1, -0.05) is 30.3 Å². The van der Waals surface area contributed by atoms with Gasteiger partial charge in [0.25, 0.3) is 0 Å². The lowest BCUT2D eigenvalue weighted by Gasteiger charge is -2.06. The molecule has 14 heavy (non-hydrogen) atoms. The first kappa shape index (κ1) is 9.18. The minimum Gasteiger partial charge on any atom is -0.423 e. The van der Waals surface area contributed by atoms with Crippen molar-refractivity contribution < 1.29 is 14.4 Å².